The molecule has 0 saturated heterocycles. The molecule has 0 fully saturated rings. The number of para-hydroxylation sites is 1. The van der Waals surface area contributed by atoms with Crippen LogP contribution in [0.1, 0.15) is 10.6 Å². The van der Waals surface area contributed by atoms with E-state index in [2.05, 4.69) is 27.0 Å². The van der Waals surface area contributed by atoms with Gasteiger partial charge < -0.3 is 9.47 Å². The standard InChI is InChI=1S/C17H9BrN2O2S/c18-12-7-15-14(21-9-22-15)6-10(12)5-11(8-19)17-20-13-3-1-2-4-16(13)23-17/h1-7H,9H2. The second-order valence-corrected chi connectivity index (χ2v) is 6.77. The maximum Gasteiger partial charge on any atom is 0.231 e. The molecule has 4 nitrogen and oxygen atoms in total. The van der Waals surface area contributed by atoms with Crippen molar-refractivity contribution in [2.45, 2.75) is 0 Å². The third-order valence-corrected chi connectivity index (χ3v) is 5.19. The molecular weight excluding hydrogens is 376 g/mol. The minimum absolute atomic E-state index is 0.220. The number of aromatic nitrogens is 1. The van der Waals surface area contributed by atoms with Crippen LogP contribution in [0.3, 0.4) is 0 Å². The van der Waals surface area contributed by atoms with E-state index >= 15 is 0 Å². The highest BCUT2D eigenvalue weighted by Crippen LogP contribution is 2.38. The minimum Gasteiger partial charge on any atom is -0.454 e. The molecule has 1 aliphatic heterocycles. The predicted octanol–water partition coefficient (Wildman–Crippen LogP) is 4.85. The Morgan fingerprint density at radius 2 is 2.04 bits per heavy atom. The van der Waals surface area contributed by atoms with Crippen molar-refractivity contribution in [2.75, 3.05) is 6.79 Å². The first-order valence-corrected chi connectivity index (χ1v) is 8.42. The number of hydrogen-bond acceptors (Lipinski definition) is 5. The lowest BCUT2D eigenvalue weighted by atomic mass is 10.1. The predicted molar refractivity (Wildman–Crippen MR) is 93.4 cm³/mol. The molecule has 0 bridgehead atoms. The van der Waals surface area contributed by atoms with E-state index in [0.29, 0.717) is 22.1 Å². The zero-order valence-electron chi connectivity index (χ0n) is 11.7. The number of fused-ring (bicyclic) bond motifs is 2. The number of thiazole rings is 1. The van der Waals surface area contributed by atoms with Gasteiger partial charge >= 0.3 is 0 Å². The fraction of sp³-hybridized carbons (Fsp3) is 0.0588. The molecule has 0 saturated carbocycles. The molecule has 6 heteroatoms. The van der Waals surface area contributed by atoms with Crippen molar-refractivity contribution >= 4 is 49.1 Å². The van der Waals surface area contributed by atoms with Crippen molar-refractivity contribution in [3.05, 3.63) is 51.4 Å². The molecule has 1 aliphatic rings. The van der Waals surface area contributed by atoms with Crippen LogP contribution in [0, 0.1) is 11.3 Å². The van der Waals surface area contributed by atoms with E-state index in [0.717, 1.165) is 20.3 Å². The van der Waals surface area contributed by atoms with Gasteiger partial charge in [0, 0.05) is 4.47 Å². The summed E-state index contributed by atoms with van der Waals surface area (Å²) in [5, 5.41) is 10.2. The average molecular weight is 385 g/mol. The number of ether oxygens (including phenoxy) is 2. The normalized spacial score (nSPS) is 13.3. The number of halogens is 1. The summed E-state index contributed by atoms with van der Waals surface area (Å²) in [6, 6.07) is 13.8. The van der Waals surface area contributed by atoms with E-state index in [1.807, 2.05) is 42.5 Å². The summed E-state index contributed by atoms with van der Waals surface area (Å²) in [6.07, 6.45) is 1.81. The maximum absolute atomic E-state index is 9.53. The number of nitriles is 1. The molecule has 112 valence electrons. The SMILES string of the molecule is N#CC(=Cc1cc2c(cc1Br)OCO2)c1nc2ccccc2s1. The van der Waals surface area contributed by atoms with E-state index < -0.39 is 0 Å². The fourth-order valence-electron chi connectivity index (χ4n) is 2.33. The van der Waals surface area contributed by atoms with Crippen LogP contribution in [0.2, 0.25) is 0 Å². The first kappa shape index (κ1) is 14.2. The van der Waals surface area contributed by atoms with Gasteiger partial charge in [0.15, 0.2) is 11.5 Å². The van der Waals surface area contributed by atoms with Crippen LogP contribution in [0.4, 0.5) is 0 Å². The second-order valence-electron chi connectivity index (χ2n) is 4.88. The molecular formula is C17H9BrN2O2S. The Morgan fingerprint density at radius 3 is 2.83 bits per heavy atom. The Morgan fingerprint density at radius 1 is 1.26 bits per heavy atom. The second kappa shape index (κ2) is 5.69. The number of nitrogens with zero attached hydrogens (tertiary/aromatic N) is 2. The molecule has 0 amide bonds. The van der Waals surface area contributed by atoms with Gasteiger partial charge in [0.05, 0.1) is 15.8 Å². The summed E-state index contributed by atoms with van der Waals surface area (Å²) < 4.78 is 12.6. The molecule has 0 atom stereocenters. The lowest BCUT2D eigenvalue weighted by molar-refractivity contribution is 0.174. The van der Waals surface area contributed by atoms with Crippen molar-refractivity contribution in [2.24, 2.45) is 0 Å². The molecule has 0 spiro atoms. The van der Waals surface area contributed by atoms with Gasteiger partial charge in [0.25, 0.3) is 0 Å². The Labute approximate surface area is 144 Å². The van der Waals surface area contributed by atoms with Gasteiger partial charge in [0.1, 0.15) is 11.1 Å². The first-order valence-electron chi connectivity index (χ1n) is 6.81. The van der Waals surface area contributed by atoms with Crippen molar-refractivity contribution in [1.82, 2.24) is 4.98 Å². The zero-order chi connectivity index (χ0) is 15.8. The van der Waals surface area contributed by atoms with E-state index in [1.165, 1.54) is 11.3 Å². The maximum atomic E-state index is 9.53. The van der Waals surface area contributed by atoms with Crippen molar-refractivity contribution in [1.29, 1.82) is 5.26 Å². The van der Waals surface area contributed by atoms with Crippen LogP contribution < -0.4 is 9.47 Å². The Bertz CT molecular complexity index is 955. The fourth-order valence-corrected chi connectivity index (χ4v) is 3.70. The summed E-state index contributed by atoms with van der Waals surface area (Å²) in [6.45, 7) is 0.220. The van der Waals surface area contributed by atoms with Crippen LogP contribution >= 0.6 is 27.3 Å². The van der Waals surface area contributed by atoms with Crippen LogP contribution in [-0.2, 0) is 0 Å². The molecule has 0 unspecified atom stereocenters. The molecule has 3 aromatic rings. The lowest BCUT2D eigenvalue weighted by Gasteiger charge is -2.02. The highest BCUT2D eigenvalue weighted by molar-refractivity contribution is 9.10. The highest BCUT2D eigenvalue weighted by Gasteiger charge is 2.16. The Balaban J connectivity index is 1.80. The third kappa shape index (κ3) is 2.58. The van der Waals surface area contributed by atoms with E-state index in [4.69, 9.17) is 9.47 Å². The monoisotopic (exact) mass is 384 g/mol. The molecule has 4 rings (SSSR count). The number of hydrogen-bond donors (Lipinski definition) is 0. The summed E-state index contributed by atoms with van der Waals surface area (Å²) in [5.74, 6) is 1.38. The smallest absolute Gasteiger partial charge is 0.231 e. The van der Waals surface area contributed by atoms with E-state index in [1.54, 1.807) is 0 Å². The van der Waals surface area contributed by atoms with Crippen LogP contribution in [0.25, 0.3) is 21.9 Å². The quantitative estimate of drug-likeness (QED) is 0.592. The van der Waals surface area contributed by atoms with Crippen molar-refractivity contribution in [3.63, 3.8) is 0 Å². The Hall–Kier alpha value is -2.36. The summed E-state index contributed by atoms with van der Waals surface area (Å²) in [5.41, 5.74) is 2.27. The largest absolute Gasteiger partial charge is 0.454 e. The number of rotatable bonds is 2. The zero-order valence-corrected chi connectivity index (χ0v) is 14.1. The Kier molecular flexibility index (Phi) is 3.52. The number of allylic oxidation sites excluding steroid dienone is 1. The van der Waals surface area contributed by atoms with Crippen LogP contribution in [-0.4, -0.2) is 11.8 Å². The molecule has 1 aromatic heterocycles. The third-order valence-electron chi connectivity index (χ3n) is 3.44. The summed E-state index contributed by atoms with van der Waals surface area (Å²) >= 11 is 5.02. The topological polar surface area (TPSA) is 55.1 Å². The molecule has 0 N–H and O–H groups in total. The van der Waals surface area contributed by atoms with E-state index in [-0.39, 0.29) is 6.79 Å². The molecule has 23 heavy (non-hydrogen) atoms. The first-order chi connectivity index (χ1) is 11.2. The van der Waals surface area contributed by atoms with Crippen molar-refractivity contribution in [3.8, 4) is 17.6 Å². The number of benzene rings is 2. The minimum atomic E-state index is 0.220. The van der Waals surface area contributed by atoms with Gasteiger partial charge in [-0.3, -0.25) is 0 Å². The molecule has 0 aliphatic carbocycles. The van der Waals surface area contributed by atoms with Crippen LogP contribution in [0.15, 0.2) is 40.9 Å². The molecule has 2 heterocycles. The van der Waals surface area contributed by atoms with Crippen molar-refractivity contribution < 1.29 is 9.47 Å². The average Bonchev–Trinajstić information content (AvgIpc) is 3.18. The van der Waals surface area contributed by atoms with Gasteiger partial charge in [-0.1, -0.05) is 28.1 Å². The van der Waals surface area contributed by atoms with Gasteiger partial charge in [-0.05, 0) is 35.9 Å². The highest BCUT2D eigenvalue weighted by atomic mass is 79.9. The summed E-state index contributed by atoms with van der Waals surface area (Å²) in [7, 11) is 0. The van der Waals surface area contributed by atoms with Crippen LogP contribution in [0.5, 0.6) is 11.5 Å². The van der Waals surface area contributed by atoms with Gasteiger partial charge in [-0.2, -0.15) is 5.26 Å². The lowest BCUT2D eigenvalue weighted by Crippen LogP contribution is -1.92. The van der Waals surface area contributed by atoms with Gasteiger partial charge in [-0.15, -0.1) is 11.3 Å². The molecule has 0 radical (unpaired) electrons. The molecule has 2 aromatic carbocycles. The van der Waals surface area contributed by atoms with Gasteiger partial charge in [-0.25, -0.2) is 4.98 Å². The van der Waals surface area contributed by atoms with E-state index in [9.17, 15) is 5.26 Å². The summed E-state index contributed by atoms with van der Waals surface area (Å²) in [4.78, 5) is 4.54. The van der Waals surface area contributed by atoms with Gasteiger partial charge in [0.2, 0.25) is 6.79 Å².